The Morgan fingerprint density at radius 1 is 0.969 bits per heavy atom. The molecule has 0 spiro atoms. The third kappa shape index (κ3) is 4.60. The average molecular weight is 430 g/mol. The fourth-order valence-electron chi connectivity index (χ4n) is 3.91. The number of carbonyl (C=O) groups is 1. The minimum Gasteiger partial charge on any atom is -0.497 e. The SMILES string of the molecule is COc1ccc2c(c1)c(CC(=O)NN)c(C)n2Cc1ccc(OCc2ccccc2)cc1. The molecule has 1 aromatic heterocycles. The zero-order valence-corrected chi connectivity index (χ0v) is 18.3. The molecule has 164 valence electrons. The first-order valence-corrected chi connectivity index (χ1v) is 10.5. The zero-order valence-electron chi connectivity index (χ0n) is 18.3. The van der Waals surface area contributed by atoms with Crippen LogP contribution in [0.1, 0.15) is 22.4 Å². The molecule has 3 aromatic carbocycles. The van der Waals surface area contributed by atoms with Crippen LogP contribution in [0.25, 0.3) is 10.9 Å². The number of carbonyl (C=O) groups excluding carboxylic acids is 1. The first-order valence-electron chi connectivity index (χ1n) is 10.5. The molecular weight excluding hydrogens is 402 g/mol. The maximum absolute atomic E-state index is 12.0. The Bertz CT molecular complexity index is 1210. The summed E-state index contributed by atoms with van der Waals surface area (Å²) in [6, 6.07) is 24.2. The lowest BCUT2D eigenvalue weighted by molar-refractivity contribution is -0.120. The summed E-state index contributed by atoms with van der Waals surface area (Å²) in [6.45, 7) is 3.25. The van der Waals surface area contributed by atoms with Crippen molar-refractivity contribution in [3.05, 3.63) is 95.2 Å². The summed E-state index contributed by atoms with van der Waals surface area (Å²) in [6.07, 6.45) is 0.214. The van der Waals surface area contributed by atoms with E-state index in [4.69, 9.17) is 15.3 Å². The van der Waals surface area contributed by atoms with E-state index in [0.717, 1.165) is 44.8 Å². The Labute approximate surface area is 187 Å². The summed E-state index contributed by atoms with van der Waals surface area (Å²) in [7, 11) is 1.64. The highest BCUT2D eigenvalue weighted by atomic mass is 16.5. The molecule has 0 fully saturated rings. The van der Waals surface area contributed by atoms with E-state index in [1.54, 1.807) is 7.11 Å². The minimum atomic E-state index is -0.227. The summed E-state index contributed by atoms with van der Waals surface area (Å²) >= 11 is 0. The van der Waals surface area contributed by atoms with E-state index >= 15 is 0 Å². The van der Waals surface area contributed by atoms with Crippen molar-refractivity contribution >= 4 is 16.8 Å². The Morgan fingerprint density at radius 3 is 2.38 bits per heavy atom. The number of ether oxygens (including phenoxy) is 2. The van der Waals surface area contributed by atoms with Gasteiger partial charge in [0.2, 0.25) is 5.91 Å². The summed E-state index contributed by atoms with van der Waals surface area (Å²) < 4.78 is 13.5. The Kier molecular flexibility index (Phi) is 6.42. The van der Waals surface area contributed by atoms with Gasteiger partial charge >= 0.3 is 0 Å². The predicted octanol–water partition coefficient (Wildman–Crippen LogP) is 4.12. The fraction of sp³-hybridized carbons (Fsp3) is 0.192. The zero-order chi connectivity index (χ0) is 22.5. The molecule has 0 bridgehead atoms. The third-order valence-electron chi connectivity index (χ3n) is 5.67. The summed E-state index contributed by atoms with van der Waals surface area (Å²) in [4.78, 5) is 12.0. The molecule has 0 aliphatic carbocycles. The van der Waals surface area contributed by atoms with Gasteiger partial charge in [-0.25, -0.2) is 5.84 Å². The van der Waals surface area contributed by atoms with Crippen LogP contribution >= 0.6 is 0 Å². The molecular formula is C26H27N3O3. The van der Waals surface area contributed by atoms with Crippen LogP contribution in [0.4, 0.5) is 0 Å². The molecule has 0 saturated heterocycles. The van der Waals surface area contributed by atoms with Gasteiger partial charge in [-0.2, -0.15) is 0 Å². The van der Waals surface area contributed by atoms with Crippen molar-refractivity contribution in [1.29, 1.82) is 0 Å². The smallest absolute Gasteiger partial charge is 0.238 e. The van der Waals surface area contributed by atoms with E-state index < -0.39 is 0 Å². The number of methoxy groups -OCH3 is 1. The molecule has 6 nitrogen and oxygen atoms in total. The molecule has 0 saturated carbocycles. The number of amides is 1. The monoisotopic (exact) mass is 429 g/mol. The van der Waals surface area contributed by atoms with E-state index in [1.165, 1.54) is 0 Å². The molecule has 0 aliphatic rings. The van der Waals surface area contributed by atoms with Crippen molar-refractivity contribution < 1.29 is 14.3 Å². The average Bonchev–Trinajstić information content (AvgIpc) is 3.09. The van der Waals surface area contributed by atoms with Crippen molar-refractivity contribution in [3.8, 4) is 11.5 Å². The molecule has 32 heavy (non-hydrogen) atoms. The number of nitrogens with two attached hydrogens (primary N) is 1. The van der Waals surface area contributed by atoms with Crippen molar-refractivity contribution in [1.82, 2.24) is 9.99 Å². The lowest BCUT2D eigenvalue weighted by Crippen LogP contribution is -2.31. The molecule has 0 atom stereocenters. The Morgan fingerprint density at radius 2 is 1.69 bits per heavy atom. The van der Waals surface area contributed by atoms with Gasteiger partial charge in [-0.05, 0) is 53.9 Å². The summed E-state index contributed by atoms with van der Waals surface area (Å²) in [5.74, 6) is 6.69. The lowest BCUT2D eigenvalue weighted by Gasteiger charge is -2.11. The highest BCUT2D eigenvalue weighted by molar-refractivity contribution is 5.91. The van der Waals surface area contributed by atoms with Gasteiger partial charge in [-0.15, -0.1) is 0 Å². The Hall–Kier alpha value is -3.77. The number of benzene rings is 3. The molecule has 4 aromatic rings. The van der Waals surface area contributed by atoms with Gasteiger partial charge in [0.25, 0.3) is 0 Å². The maximum Gasteiger partial charge on any atom is 0.238 e. The van der Waals surface area contributed by atoms with E-state index in [9.17, 15) is 4.79 Å². The van der Waals surface area contributed by atoms with Gasteiger partial charge in [0.05, 0.1) is 13.5 Å². The number of rotatable bonds is 8. The van der Waals surface area contributed by atoms with E-state index in [0.29, 0.717) is 13.2 Å². The van der Waals surface area contributed by atoms with Crippen LogP contribution in [-0.4, -0.2) is 17.6 Å². The van der Waals surface area contributed by atoms with Gasteiger partial charge in [-0.3, -0.25) is 10.2 Å². The van der Waals surface area contributed by atoms with Crippen LogP contribution in [0, 0.1) is 6.92 Å². The van der Waals surface area contributed by atoms with Crippen LogP contribution < -0.4 is 20.7 Å². The molecule has 6 heteroatoms. The first kappa shape index (κ1) is 21.5. The van der Waals surface area contributed by atoms with E-state index in [-0.39, 0.29) is 12.3 Å². The number of hydrogen-bond donors (Lipinski definition) is 2. The normalized spacial score (nSPS) is 10.8. The summed E-state index contributed by atoms with van der Waals surface area (Å²) in [5, 5.41) is 0.994. The van der Waals surface area contributed by atoms with Crippen molar-refractivity contribution in [3.63, 3.8) is 0 Å². The van der Waals surface area contributed by atoms with Crippen molar-refractivity contribution in [2.45, 2.75) is 26.5 Å². The van der Waals surface area contributed by atoms with Gasteiger partial charge < -0.3 is 14.0 Å². The van der Waals surface area contributed by atoms with Crippen LogP contribution in [-0.2, 0) is 24.4 Å². The minimum absolute atomic E-state index is 0.214. The quantitative estimate of drug-likeness (QED) is 0.251. The number of fused-ring (bicyclic) bond motifs is 1. The van der Waals surface area contributed by atoms with Crippen LogP contribution in [0.15, 0.2) is 72.8 Å². The topological polar surface area (TPSA) is 78.5 Å². The molecule has 0 unspecified atom stereocenters. The number of hydrogen-bond acceptors (Lipinski definition) is 4. The first-order chi connectivity index (χ1) is 15.6. The van der Waals surface area contributed by atoms with Gasteiger partial charge in [-0.1, -0.05) is 42.5 Å². The number of nitrogens with one attached hydrogen (secondary N) is 1. The Balaban J connectivity index is 1.58. The summed E-state index contributed by atoms with van der Waals surface area (Å²) in [5.41, 5.74) is 7.53. The van der Waals surface area contributed by atoms with E-state index in [1.807, 2.05) is 67.6 Å². The number of hydrazine groups is 1. The molecule has 4 rings (SSSR count). The second-order valence-corrected chi connectivity index (χ2v) is 7.70. The van der Waals surface area contributed by atoms with Crippen LogP contribution in [0.2, 0.25) is 0 Å². The molecule has 0 radical (unpaired) electrons. The molecule has 3 N–H and O–H groups in total. The number of aromatic nitrogens is 1. The van der Waals surface area contributed by atoms with Gasteiger partial charge in [0.1, 0.15) is 18.1 Å². The predicted molar refractivity (Wildman–Crippen MR) is 126 cm³/mol. The van der Waals surface area contributed by atoms with Crippen LogP contribution in [0.5, 0.6) is 11.5 Å². The highest BCUT2D eigenvalue weighted by Crippen LogP contribution is 2.31. The molecule has 1 heterocycles. The van der Waals surface area contributed by atoms with Crippen molar-refractivity contribution in [2.24, 2.45) is 5.84 Å². The van der Waals surface area contributed by atoms with Gasteiger partial charge in [0, 0.05) is 23.1 Å². The van der Waals surface area contributed by atoms with Crippen LogP contribution in [0.3, 0.4) is 0 Å². The maximum atomic E-state index is 12.0. The standard InChI is InChI=1S/C26H27N3O3/c1-18-23(15-26(30)28-27)24-14-22(31-2)12-13-25(24)29(18)16-19-8-10-21(11-9-19)32-17-20-6-4-3-5-7-20/h3-14H,15-17,27H2,1-2H3,(H,28,30). The van der Waals surface area contributed by atoms with E-state index in [2.05, 4.69) is 22.1 Å². The highest BCUT2D eigenvalue weighted by Gasteiger charge is 2.17. The van der Waals surface area contributed by atoms with Gasteiger partial charge in [0.15, 0.2) is 0 Å². The second kappa shape index (κ2) is 9.58. The lowest BCUT2D eigenvalue weighted by atomic mass is 10.1. The second-order valence-electron chi connectivity index (χ2n) is 7.70. The number of nitrogens with zero attached hydrogens (tertiary/aromatic N) is 1. The third-order valence-corrected chi connectivity index (χ3v) is 5.67. The fourth-order valence-corrected chi connectivity index (χ4v) is 3.91. The largest absolute Gasteiger partial charge is 0.497 e. The molecule has 0 aliphatic heterocycles. The molecule has 1 amide bonds. The van der Waals surface area contributed by atoms with Crippen molar-refractivity contribution in [2.75, 3.05) is 7.11 Å².